The van der Waals surface area contributed by atoms with Crippen LogP contribution in [0.3, 0.4) is 0 Å². The van der Waals surface area contributed by atoms with Gasteiger partial charge in [-0.25, -0.2) is 9.97 Å². The van der Waals surface area contributed by atoms with Gasteiger partial charge < -0.3 is 29.3 Å². The van der Waals surface area contributed by atoms with Gasteiger partial charge in [-0.15, -0.1) is 0 Å². The Bertz CT molecular complexity index is 964. The molecule has 3 aromatic rings. The first kappa shape index (κ1) is 20.0. The van der Waals surface area contributed by atoms with E-state index in [0.717, 1.165) is 0 Å². The van der Waals surface area contributed by atoms with Crippen molar-refractivity contribution >= 4 is 17.4 Å². The normalized spacial score (nSPS) is 10.3. The van der Waals surface area contributed by atoms with Crippen LogP contribution in [0, 0.1) is 6.92 Å². The lowest BCUT2D eigenvalue weighted by molar-refractivity contribution is 0.0942. The number of aryl methyl sites for hydroxylation is 1. The third-order valence-corrected chi connectivity index (χ3v) is 4.01. The van der Waals surface area contributed by atoms with Crippen molar-refractivity contribution in [1.82, 2.24) is 15.3 Å². The van der Waals surface area contributed by atoms with Crippen LogP contribution in [0.1, 0.15) is 22.1 Å². The molecule has 0 radical (unpaired) electrons. The first-order valence-corrected chi connectivity index (χ1v) is 8.77. The van der Waals surface area contributed by atoms with Gasteiger partial charge in [-0.1, -0.05) is 0 Å². The summed E-state index contributed by atoms with van der Waals surface area (Å²) in [6.07, 6.45) is 1.55. The molecule has 0 spiro atoms. The van der Waals surface area contributed by atoms with Gasteiger partial charge in [0.1, 0.15) is 23.1 Å². The Morgan fingerprint density at radius 2 is 1.79 bits per heavy atom. The Morgan fingerprint density at radius 3 is 2.38 bits per heavy atom. The summed E-state index contributed by atoms with van der Waals surface area (Å²) in [5, 5.41) is 5.91. The zero-order chi connectivity index (χ0) is 20.8. The van der Waals surface area contributed by atoms with E-state index in [4.69, 9.17) is 18.6 Å². The van der Waals surface area contributed by atoms with Gasteiger partial charge in [-0.3, -0.25) is 4.79 Å². The molecule has 152 valence electrons. The number of furan rings is 1. The third kappa shape index (κ3) is 4.75. The van der Waals surface area contributed by atoms with Crippen LogP contribution in [0.2, 0.25) is 0 Å². The topological polar surface area (TPSA) is 108 Å². The summed E-state index contributed by atoms with van der Waals surface area (Å²) in [5.74, 6) is 2.70. The van der Waals surface area contributed by atoms with Gasteiger partial charge >= 0.3 is 0 Å². The number of carbonyl (C=O) groups is 1. The van der Waals surface area contributed by atoms with E-state index in [0.29, 0.717) is 40.3 Å². The summed E-state index contributed by atoms with van der Waals surface area (Å²) in [6, 6.07) is 8.59. The molecule has 1 amide bonds. The van der Waals surface area contributed by atoms with Crippen molar-refractivity contribution in [2.24, 2.45) is 0 Å². The van der Waals surface area contributed by atoms with Crippen LogP contribution in [0.15, 0.2) is 41.0 Å². The number of amides is 1. The molecule has 29 heavy (non-hydrogen) atoms. The zero-order valence-corrected chi connectivity index (χ0v) is 16.6. The average Bonchev–Trinajstić information content (AvgIpc) is 3.24. The maximum Gasteiger partial charge on any atom is 0.270 e. The minimum absolute atomic E-state index is 0.235. The molecule has 0 saturated heterocycles. The Kier molecular flexibility index (Phi) is 6.18. The summed E-state index contributed by atoms with van der Waals surface area (Å²) in [4.78, 5) is 21.0. The van der Waals surface area contributed by atoms with E-state index in [-0.39, 0.29) is 18.1 Å². The van der Waals surface area contributed by atoms with Crippen molar-refractivity contribution in [2.45, 2.75) is 13.5 Å². The molecular weight excluding hydrogens is 376 g/mol. The van der Waals surface area contributed by atoms with Crippen LogP contribution in [0.25, 0.3) is 0 Å². The average molecular weight is 398 g/mol. The molecule has 3 rings (SSSR count). The number of anilines is 2. The van der Waals surface area contributed by atoms with Gasteiger partial charge in [-0.05, 0) is 19.1 Å². The lowest BCUT2D eigenvalue weighted by Gasteiger charge is -2.15. The minimum atomic E-state index is -0.333. The van der Waals surface area contributed by atoms with Crippen LogP contribution >= 0.6 is 0 Å². The molecule has 0 bridgehead atoms. The van der Waals surface area contributed by atoms with Crippen LogP contribution in [-0.4, -0.2) is 37.2 Å². The number of nitrogens with zero attached hydrogens (tertiary/aromatic N) is 2. The maximum atomic E-state index is 12.5. The Balaban J connectivity index is 1.82. The first-order valence-electron chi connectivity index (χ1n) is 8.77. The summed E-state index contributed by atoms with van der Waals surface area (Å²) in [7, 11) is 4.61. The fourth-order valence-corrected chi connectivity index (χ4v) is 2.72. The van der Waals surface area contributed by atoms with Gasteiger partial charge in [0.15, 0.2) is 11.5 Å². The third-order valence-electron chi connectivity index (χ3n) is 4.01. The van der Waals surface area contributed by atoms with Crippen molar-refractivity contribution < 1.29 is 23.4 Å². The molecule has 2 aromatic heterocycles. The minimum Gasteiger partial charge on any atom is -0.493 e. The highest BCUT2D eigenvalue weighted by Crippen LogP contribution is 2.40. The summed E-state index contributed by atoms with van der Waals surface area (Å²) in [5.41, 5.74) is 0.888. The largest absolute Gasteiger partial charge is 0.493 e. The second-order valence-corrected chi connectivity index (χ2v) is 5.99. The standard InChI is InChI=1S/C20H22N4O5/c1-12-22-15(20(25)21-11-14-6-5-7-29-14)10-18(23-12)24-13-8-16(26-2)19(28-4)17(9-13)27-3/h5-10H,11H2,1-4H3,(H,21,25)(H,22,23,24). The molecule has 0 aliphatic heterocycles. The molecule has 0 aliphatic rings. The van der Waals surface area contributed by atoms with Crippen molar-refractivity contribution in [2.75, 3.05) is 26.6 Å². The molecule has 2 heterocycles. The molecule has 0 fully saturated rings. The molecule has 0 unspecified atom stereocenters. The fraction of sp³-hybridized carbons (Fsp3) is 0.250. The molecule has 9 nitrogen and oxygen atoms in total. The van der Waals surface area contributed by atoms with E-state index in [1.165, 1.54) is 21.3 Å². The first-order chi connectivity index (χ1) is 14.0. The molecule has 9 heteroatoms. The number of nitrogens with one attached hydrogen (secondary N) is 2. The van der Waals surface area contributed by atoms with Gasteiger partial charge in [0.05, 0.1) is 34.1 Å². The van der Waals surface area contributed by atoms with E-state index in [9.17, 15) is 4.79 Å². The number of benzene rings is 1. The molecule has 0 saturated carbocycles. The monoisotopic (exact) mass is 398 g/mol. The molecule has 1 aromatic carbocycles. The number of carbonyl (C=O) groups excluding carboxylic acids is 1. The van der Waals surface area contributed by atoms with Crippen molar-refractivity contribution in [1.29, 1.82) is 0 Å². The van der Waals surface area contributed by atoms with Gasteiger partial charge in [0.2, 0.25) is 5.75 Å². The van der Waals surface area contributed by atoms with Crippen molar-refractivity contribution in [3.05, 3.63) is 53.9 Å². The van der Waals surface area contributed by atoms with E-state index >= 15 is 0 Å². The predicted octanol–water partition coefficient (Wildman–Crippen LogP) is 3.08. The quantitative estimate of drug-likeness (QED) is 0.596. The zero-order valence-electron chi connectivity index (χ0n) is 16.6. The number of rotatable bonds is 8. The van der Waals surface area contributed by atoms with Gasteiger partial charge in [0, 0.05) is 23.9 Å². The molecule has 0 atom stereocenters. The number of aromatic nitrogens is 2. The Morgan fingerprint density at radius 1 is 1.07 bits per heavy atom. The predicted molar refractivity (Wildman–Crippen MR) is 106 cm³/mol. The van der Waals surface area contributed by atoms with E-state index in [1.807, 2.05) is 0 Å². The summed E-state index contributed by atoms with van der Waals surface area (Å²) < 4.78 is 21.3. The molecular formula is C20H22N4O5. The highest BCUT2D eigenvalue weighted by molar-refractivity contribution is 5.93. The maximum absolute atomic E-state index is 12.5. The highest BCUT2D eigenvalue weighted by atomic mass is 16.5. The van der Waals surface area contributed by atoms with E-state index < -0.39 is 0 Å². The number of hydrogen-bond donors (Lipinski definition) is 2. The highest BCUT2D eigenvalue weighted by Gasteiger charge is 2.15. The lowest BCUT2D eigenvalue weighted by Crippen LogP contribution is -2.24. The Hall–Kier alpha value is -3.75. The van der Waals surface area contributed by atoms with Crippen molar-refractivity contribution in [3.63, 3.8) is 0 Å². The second kappa shape index (κ2) is 8.96. The summed E-state index contributed by atoms with van der Waals surface area (Å²) >= 11 is 0. The van der Waals surface area contributed by atoms with Gasteiger partial charge in [-0.2, -0.15) is 0 Å². The lowest BCUT2D eigenvalue weighted by atomic mass is 10.2. The van der Waals surface area contributed by atoms with Crippen LogP contribution < -0.4 is 24.8 Å². The number of methoxy groups -OCH3 is 3. The smallest absolute Gasteiger partial charge is 0.270 e. The second-order valence-electron chi connectivity index (χ2n) is 5.99. The number of hydrogen-bond acceptors (Lipinski definition) is 8. The number of ether oxygens (including phenoxy) is 3. The van der Waals surface area contributed by atoms with Crippen molar-refractivity contribution in [3.8, 4) is 17.2 Å². The van der Waals surface area contributed by atoms with Gasteiger partial charge in [0.25, 0.3) is 5.91 Å². The molecule has 2 N–H and O–H groups in total. The van der Waals surface area contributed by atoms with E-state index in [1.54, 1.807) is 43.5 Å². The fourth-order valence-electron chi connectivity index (χ4n) is 2.72. The van der Waals surface area contributed by atoms with Crippen LogP contribution in [0.4, 0.5) is 11.5 Å². The SMILES string of the molecule is COc1cc(Nc2cc(C(=O)NCc3ccco3)nc(C)n2)cc(OC)c1OC. The Labute approximate surface area is 168 Å². The van der Waals surface area contributed by atoms with Crippen LogP contribution in [-0.2, 0) is 6.54 Å². The van der Waals surface area contributed by atoms with E-state index in [2.05, 4.69) is 20.6 Å². The summed E-state index contributed by atoms with van der Waals surface area (Å²) in [6.45, 7) is 1.98. The molecule has 0 aliphatic carbocycles. The van der Waals surface area contributed by atoms with Crippen LogP contribution in [0.5, 0.6) is 17.2 Å².